The van der Waals surface area contributed by atoms with E-state index in [0.29, 0.717) is 6.04 Å². The van der Waals surface area contributed by atoms with Gasteiger partial charge in [0.1, 0.15) is 5.75 Å². The molecule has 3 nitrogen and oxygen atoms in total. The van der Waals surface area contributed by atoms with Gasteiger partial charge in [-0.2, -0.15) is 0 Å². The minimum absolute atomic E-state index is 0.520. The average Bonchev–Trinajstić information content (AvgIpc) is 2.50. The number of hydrogen-bond acceptors (Lipinski definition) is 3. The smallest absolute Gasteiger partial charge is 0.119 e. The Kier molecular flexibility index (Phi) is 6.34. The zero-order valence-corrected chi connectivity index (χ0v) is 12.8. The second-order valence-corrected chi connectivity index (χ2v) is 5.52. The molecule has 0 saturated carbocycles. The standard InChI is InChI=1S/C17H27NO2/c1-19-12-5-3-4-11-18-17-8-6-7-14-13-15(20-2)9-10-16(14)17/h9-10,13,17-18H,3-8,11-12H2,1-2H3. The number of rotatable bonds is 8. The monoisotopic (exact) mass is 277 g/mol. The normalized spacial score (nSPS) is 17.8. The first kappa shape index (κ1) is 15.3. The molecule has 1 aromatic carbocycles. The summed E-state index contributed by atoms with van der Waals surface area (Å²) in [6, 6.07) is 7.03. The van der Waals surface area contributed by atoms with E-state index in [9.17, 15) is 0 Å². The van der Waals surface area contributed by atoms with E-state index in [1.165, 1.54) is 43.2 Å². The van der Waals surface area contributed by atoms with Gasteiger partial charge in [0, 0.05) is 19.8 Å². The van der Waals surface area contributed by atoms with Gasteiger partial charge < -0.3 is 14.8 Å². The summed E-state index contributed by atoms with van der Waals surface area (Å²) in [6.45, 7) is 1.98. The molecule has 0 spiro atoms. The summed E-state index contributed by atoms with van der Waals surface area (Å²) < 4.78 is 10.4. The summed E-state index contributed by atoms with van der Waals surface area (Å²) in [5.74, 6) is 0.976. The van der Waals surface area contributed by atoms with Gasteiger partial charge in [-0.15, -0.1) is 0 Å². The van der Waals surface area contributed by atoms with E-state index in [0.717, 1.165) is 25.3 Å². The summed E-state index contributed by atoms with van der Waals surface area (Å²) in [5.41, 5.74) is 2.92. The highest BCUT2D eigenvalue weighted by Gasteiger charge is 2.19. The molecule has 1 unspecified atom stereocenters. The minimum atomic E-state index is 0.520. The van der Waals surface area contributed by atoms with Crippen molar-refractivity contribution in [2.75, 3.05) is 27.4 Å². The topological polar surface area (TPSA) is 30.5 Å². The largest absolute Gasteiger partial charge is 0.497 e. The SMILES string of the molecule is COCCCCCNC1CCCc2cc(OC)ccc21. The fourth-order valence-corrected chi connectivity index (χ4v) is 2.95. The molecule has 20 heavy (non-hydrogen) atoms. The third kappa shape index (κ3) is 4.22. The Labute approximate surface area is 122 Å². The van der Waals surface area contributed by atoms with Crippen LogP contribution in [0.4, 0.5) is 0 Å². The molecular weight excluding hydrogens is 250 g/mol. The lowest BCUT2D eigenvalue weighted by atomic mass is 9.87. The van der Waals surface area contributed by atoms with Crippen LogP contribution in [0.1, 0.15) is 49.3 Å². The molecule has 0 amide bonds. The van der Waals surface area contributed by atoms with Gasteiger partial charge in [-0.3, -0.25) is 0 Å². The fraction of sp³-hybridized carbons (Fsp3) is 0.647. The zero-order chi connectivity index (χ0) is 14.2. The maximum absolute atomic E-state index is 5.32. The van der Waals surface area contributed by atoms with E-state index in [1.807, 2.05) is 0 Å². The number of unbranched alkanes of at least 4 members (excludes halogenated alkanes) is 2. The molecule has 1 N–H and O–H groups in total. The van der Waals surface area contributed by atoms with Crippen LogP contribution in [0.5, 0.6) is 5.75 Å². The van der Waals surface area contributed by atoms with E-state index in [2.05, 4.69) is 23.5 Å². The van der Waals surface area contributed by atoms with Crippen LogP contribution in [0, 0.1) is 0 Å². The number of hydrogen-bond donors (Lipinski definition) is 1. The van der Waals surface area contributed by atoms with Crippen LogP contribution in [0.3, 0.4) is 0 Å². The van der Waals surface area contributed by atoms with Crippen molar-refractivity contribution < 1.29 is 9.47 Å². The number of aryl methyl sites for hydroxylation is 1. The van der Waals surface area contributed by atoms with Crippen molar-refractivity contribution in [1.29, 1.82) is 0 Å². The van der Waals surface area contributed by atoms with Crippen LogP contribution in [-0.2, 0) is 11.2 Å². The van der Waals surface area contributed by atoms with Gasteiger partial charge in [-0.1, -0.05) is 6.07 Å². The number of ether oxygens (including phenoxy) is 2. The molecule has 0 fully saturated rings. The Morgan fingerprint density at radius 1 is 1.20 bits per heavy atom. The lowest BCUT2D eigenvalue weighted by Crippen LogP contribution is -2.26. The molecule has 0 aliphatic heterocycles. The molecule has 1 aliphatic carbocycles. The van der Waals surface area contributed by atoms with Gasteiger partial charge in [-0.05, 0) is 68.3 Å². The molecule has 2 rings (SSSR count). The quantitative estimate of drug-likeness (QED) is 0.738. The number of benzene rings is 1. The summed E-state index contributed by atoms with van der Waals surface area (Å²) in [7, 11) is 3.51. The minimum Gasteiger partial charge on any atom is -0.497 e. The van der Waals surface area contributed by atoms with Gasteiger partial charge >= 0.3 is 0 Å². The zero-order valence-electron chi connectivity index (χ0n) is 12.8. The summed E-state index contributed by atoms with van der Waals surface area (Å²) in [6.07, 6.45) is 7.32. The highest BCUT2D eigenvalue weighted by Crippen LogP contribution is 2.32. The van der Waals surface area contributed by atoms with Crippen molar-refractivity contribution in [3.63, 3.8) is 0 Å². The van der Waals surface area contributed by atoms with Crippen LogP contribution in [-0.4, -0.2) is 27.4 Å². The molecule has 1 atom stereocenters. The Balaban J connectivity index is 1.82. The molecular formula is C17H27NO2. The lowest BCUT2D eigenvalue weighted by molar-refractivity contribution is 0.192. The van der Waals surface area contributed by atoms with Gasteiger partial charge in [-0.25, -0.2) is 0 Å². The van der Waals surface area contributed by atoms with Gasteiger partial charge in [0.15, 0.2) is 0 Å². The molecule has 0 aromatic heterocycles. The van der Waals surface area contributed by atoms with Crippen LogP contribution < -0.4 is 10.1 Å². The van der Waals surface area contributed by atoms with Gasteiger partial charge in [0.05, 0.1) is 7.11 Å². The van der Waals surface area contributed by atoms with Crippen molar-refractivity contribution in [2.24, 2.45) is 0 Å². The van der Waals surface area contributed by atoms with Crippen LogP contribution in [0.15, 0.2) is 18.2 Å². The molecule has 1 aliphatic rings. The summed E-state index contributed by atoms with van der Waals surface area (Å²) in [5, 5.41) is 3.71. The lowest BCUT2D eigenvalue weighted by Gasteiger charge is -2.27. The van der Waals surface area contributed by atoms with Crippen molar-refractivity contribution in [3.05, 3.63) is 29.3 Å². The Bertz CT molecular complexity index is 406. The van der Waals surface area contributed by atoms with Crippen molar-refractivity contribution >= 4 is 0 Å². The predicted molar refractivity (Wildman–Crippen MR) is 82.4 cm³/mol. The number of nitrogens with one attached hydrogen (secondary N) is 1. The maximum Gasteiger partial charge on any atom is 0.119 e. The molecule has 0 radical (unpaired) electrons. The predicted octanol–water partition coefficient (Wildman–Crippen LogP) is 3.48. The van der Waals surface area contributed by atoms with E-state index < -0.39 is 0 Å². The third-order valence-corrected chi connectivity index (χ3v) is 4.08. The van der Waals surface area contributed by atoms with E-state index >= 15 is 0 Å². The van der Waals surface area contributed by atoms with Crippen LogP contribution >= 0.6 is 0 Å². The van der Waals surface area contributed by atoms with Crippen molar-refractivity contribution in [2.45, 2.75) is 44.6 Å². The highest BCUT2D eigenvalue weighted by atomic mass is 16.5. The number of methoxy groups -OCH3 is 2. The van der Waals surface area contributed by atoms with Gasteiger partial charge in [0.25, 0.3) is 0 Å². The molecule has 112 valence electrons. The second-order valence-electron chi connectivity index (χ2n) is 5.52. The van der Waals surface area contributed by atoms with E-state index in [-0.39, 0.29) is 0 Å². The second kappa shape index (κ2) is 8.28. The van der Waals surface area contributed by atoms with Crippen LogP contribution in [0.25, 0.3) is 0 Å². The molecule has 3 heteroatoms. The molecule has 0 bridgehead atoms. The first-order chi connectivity index (χ1) is 9.85. The Hall–Kier alpha value is -1.06. The first-order valence-electron chi connectivity index (χ1n) is 7.74. The average molecular weight is 277 g/mol. The van der Waals surface area contributed by atoms with E-state index in [1.54, 1.807) is 14.2 Å². The first-order valence-corrected chi connectivity index (χ1v) is 7.74. The summed E-state index contributed by atoms with van der Waals surface area (Å²) in [4.78, 5) is 0. The Morgan fingerprint density at radius 2 is 2.10 bits per heavy atom. The van der Waals surface area contributed by atoms with Crippen molar-refractivity contribution in [1.82, 2.24) is 5.32 Å². The molecule has 0 saturated heterocycles. The number of fused-ring (bicyclic) bond motifs is 1. The van der Waals surface area contributed by atoms with Crippen molar-refractivity contribution in [3.8, 4) is 5.75 Å². The molecule has 1 aromatic rings. The van der Waals surface area contributed by atoms with E-state index in [4.69, 9.17) is 9.47 Å². The Morgan fingerprint density at radius 3 is 2.90 bits per heavy atom. The maximum atomic E-state index is 5.32. The fourth-order valence-electron chi connectivity index (χ4n) is 2.95. The van der Waals surface area contributed by atoms with Crippen LogP contribution in [0.2, 0.25) is 0 Å². The highest BCUT2D eigenvalue weighted by molar-refractivity contribution is 5.39. The summed E-state index contributed by atoms with van der Waals surface area (Å²) >= 11 is 0. The third-order valence-electron chi connectivity index (χ3n) is 4.08. The van der Waals surface area contributed by atoms with Gasteiger partial charge in [0.2, 0.25) is 0 Å². The molecule has 0 heterocycles.